The SMILES string of the molecule is CCCSc1nc2c(c(=O)n1[C@@H]1CCOC(C)(C)C1)C1(CCCCC1)Cc1ccccc1-2. The zero-order valence-electron chi connectivity index (χ0n) is 19.8. The second-order valence-corrected chi connectivity index (χ2v) is 11.6. The van der Waals surface area contributed by atoms with E-state index in [2.05, 4.69) is 49.6 Å². The van der Waals surface area contributed by atoms with Crippen LogP contribution in [0.4, 0.5) is 0 Å². The van der Waals surface area contributed by atoms with Crippen molar-refractivity contribution in [3.05, 3.63) is 45.7 Å². The predicted molar refractivity (Wildman–Crippen MR) is 132 cm³/mol. The van der Waals surface area contributed by atoms with Gasteiger partial charge in [0.1, 0.15) is 0 Å². The summed E-state index contributed by atoms with van der Waals surface area (Å²) in [5.74, 6) is 0.977. The molecule has 0 radical (unpaired) electrons. The van der Waals surface area contributed by atoms with Gasteiger partial charge in [-0.15, -0.1) is 0 Å². The van der Waals surface area contributed by atoms with Gasteiger partial charge < -0.3 is 4.74 Å². The Morgan fingerprint density at radius 3 is 2.72 bits per heavy atom. The van der Waals surface area contributed by atoms with Crippen LogP contribution in [0.1, 0.15) is 89.3 Å². The highest BCUT2D eigenvalue weighted by molar-refractivity contribution is 7.99. The lowest BCUT2D eigenvalue weighted by atomic mass is 9.62. The molecule has 1 saturated carbocycles. The molecule has 1 aromatic heterocycles. The van der Waals surface area contributed by atoms with E-state index in [0.29, 0.717) is 6.61 Å². The average Bonchev–Trinajstić information content (AvgIpc) is 2.77. The van der Waals surface area contributed by atoms with Gasteiger partial charge in [0.15, 0.2) is 5.16 Å². The molecule has 0 N–H and O–H groups in total. The molecular weight excluding hydrogens is 416 g/mol. The number of thioether (sulfide) groups is 1. The zero-order valence-corrected chi connectivity index (χ0v) is 20.6. The lowest BCUT2D eigenvalue weighted by Gasteiger charge is -2.43. The second-order valence-electron chi connectivity index (χ2n) is 10.6. The van der Waals surface area contributed by atoms with Crippen LogP contribution in [0.5, 0.6) is 0 Å². The van der Waals surface area contributed by atoms with Crippen molar-refractivity contribution in [3.8, 4) is 11.3 Å². The summed E-state index contributed by atoms with van der Waals surface area (Å²) in [7, 11) is 0. The van der Waals surface area contributed by atoms with Crippen LogP contribution in [0.15, 0.2) is 34.2 Å². The Hall–Kier alpha value is -1.59. The zero-order chi connectivity index (χ0) is 22.3. The first-order valence-corrected chi connectivity index (χ1v) is 13.4. The molecule has 1 aromatic carbocycles. The van der Waals surface area contributed by atoms with E-state index in [4.69, 9.17) is 9.72 Å². The van der Waals surface area contributed by atoms with E-state index in [1.165, 1.54) is 30.4 Å². The summed E-state index contributed by atoms with van der Waals surface area (Å²) in [6.07, 6.45) is 9.68. The minimum absolute atomic E-state index is 0.0532. The maximum atomic E-state index is 14.5. The summed E-state index contributed by atoms with van der Waals surface area (Å²) in [6, 6.07) is 8.81. The summed E-state index contributed by atoms with van der Waals surface area (Å²) in [6.45, 7) is 7.19. The molecule has 2 aliphatic carbocycles. The van der Waals surface area contributed by atoms with Crippen LogP contribution < -0.4 is 5.56 Å². The van der Waals surface area contributed by atoms with E-state index in [1.807, 2.05) is 0 Å². The van der Waals surface area contributed by atoms with Crippen LogP contribution in [0.3, 0.4) is 0 Å². The van der Waals surface area contributed by atoms with Crippen LogP contribution >= 0.6 is 11.8 Å². The van der Waals surface area contributed by atoms with Gasteiger partial charge in [0.05, 0.1) is 16.9 Å². The summed E-state index contributed by atoms with van der Waals surface area (Å²) >= 11 is 1.75. The number of hydrogen-bond acceptors (Lipinski definition) is 4. The summed E-state index contributed by atoms with van der Waals surface area (Å²) in [4.78, 5) is 19.8. The summed E-state index contributed by atoms with van der Waals surface area (Å²) in [5, 5.41) is 0.904. The molecule has 32 heavy (non-hydrogen) atoms. The number of rotatable bonds is 4. The molecular formula is C27H36N2O2S. The Labute approximate surface area is 196 Å². The molecule has 3 aliphatic rings. The maximum absolute atomic E-state index is 14.5. The van der Waals surface area contributed by atoms with Crippen LogP contribution in [-0.2, 0) is 16.6 Å². The average molecular weight is 453 g/mol. The third-order valence-corrected chi connectivity index (χ3v) is 8.86. The number of benzene rings is 1. The van der Waals surface area contributed by atoms with Crippen molar-refractivity contribution in [2.24, 2.45) is 0 Å². The Kier molecular flexibility index (Phi) is 6.00. The van der Waals surface area contributed by atoms with Crippen molar-refractivity contribution in [2.75, 3.05) is 12.4 Å². The van der Waals surface area contributed by atoms with Crippen molar-refractivity contribution in [3.63, 3.8) is 0 Å². The fourth-order valence-corrected chi connectivity index (χ4v) is 7.15. The first-order valence-electron chi connectivity index (χ1n) is 12.5. The first kappa shape index (κ1) is 22.2. The molecule has 1 saturated heterocycles. The molecule has 4 nitrogen and oxygen atoms in total. The molecule has 0 amide bonds. The smallest absolute Gasteiger partial charge is 0.258 e. The van der Waals surface area contributed by atoms with Crippen molar-refractivity contribution < 1.29 is 4.74 Å². The van der Waals surface area contributed by atoms with Crippen molar-refractivity contribution >= 4 is 11.8 Å². The molecule has 0 unspecified atom stereocenters. The third kappa shape index (κ3) is 3.86. The topological polar surface area (TPSA) is 44.1 Å². The number of ether oxygens (including phenoxy) is 1. The number of nitrogens with zero attached hydrogens (tertiary/aromatic N) is 2. The van der Waals surface area contributed by atoms with E-state index in [0.717, 1.165) is 60.7 Å². The molecule has 5 heteroatoms. The Morgan fingerprint density at radius 1 is 1.19 bits per heavy atom. The Morgan fingerprint density at radius 2 is 1.97 bits per heavy atom. The van der Waals surface area contributed by atoms with E-state index in [1.54, 1.807) is 11.8 Å². The molecule has 172 valence electrons. The third-order valence-electron chi connectivity index (χ3n) is 7.70. The van der Waals surface area contributed by atoms with Gasteiger partial charge in [-0.05, 0) is 57.9 Å². The Bertz CT molecular complexity index is 1050. The molecule has 1 aliphatic heterocycles. The minimum atomic E-state index is -0.208. The molecule has 1 atom stereocenters. The summed E-state index contributed by atoms with van der Waals surface area (Å²) < 4.78 is 8.10. The molecule has 1 spiro atoms. The van der Waals surface area contributed by atoms with E-state index < -0.39 is 0 Å². The van der Waals surface area contributed by atoms with Gasteiger partial charge in [0.2, 0.25) is 0 Å². The highest BCUT2D eigenvalue weighted by Crippen LogP contribution is 2.49. The van der Waals surface area contributed by atoms with Gasteiger partial charge in [0.25, 0.3) is 5.56 Å². The highest BCUT2D eigenvalue weighted by atomic mass is 32.2. The predicted octanol–water partition coefficient (Wildman–Crippen LogP) is 6.30. The van der Waals surface area contributed by atoms with Gasteiger partial charge >= 0.3 is 0 Å². The Balaban J connectivity index is 1.74. The van der Waals surface area contributed by atoms with Gasteiger partial charge in [-0.3, -0.25) is 9.36 Å². The largest absolute Gasteiger partial charge is 0.375 e. The summed E-state index contributed by atoms with van der Waals surface area (Å²) in [5.41, 5.74) is 4.50. The van der Waals surface area contributed by atoms with E-state index >= 15 is 0 Å². The van der Waals surface area contributed by atoms with Crippen LogP contribution in [-0.4, -0.2) is 27.5 Å². The monoisotopic (exact) mass is 452 g/mol. The molecule has 2 aromatic rings. The number of aromatic nitrogens is 2. The molecule has 2 heterocycles. The number of fused-ring (bicyclic) bond motifs is 4. The lowest BCUT2D eigenvalue weighted by Crippen LogP contribution is -2.45. The quantitative estimate of drug-likeness (QED) is 0.403. The van der Waals surface area contributed by atoms with Crippen LogP contribution in [0, 0.1) is 0 Å². The molecule has 5 rings (SSSR count). The molecule has 2 fully saturated rings. The van der Waals surface area contributed by atoms with Gasteiger partial charge in [-0.2, -0.15) is 0 Å². The van der Waals surface area contributed by atoms with Crippen molar-refractivity contribution in [1.29, 1.82) is 0 Å². The maximum Gasteiger partial charge on any atom is 0.258 e. The highest BCUT2D eigenvalue weighted by Gasteiger charge is 2.44. The van der Waals surface area contributed by atoms with Crippen LogP contribution in [0.2, 0.25) is 0 Å². The standard InChI is InChI=1S/C27H36N2O2S/c1-4-16-32-25-28-23-21-11-7-6-10-19(21)17-27(13-8-5-9-14-27)22(23)24(30)29(25)20-12-15-31-26(2,3)18-20/h6-7,10-11,20H,4-5,8-9,12-18H2,1-3H3/t20-/m1/s1. The van der Waals surface area contributed by atoms with Gasteiger partial charge in [-0.25, -0.2) is 4.98 Å². The normalized spacial score (nSPS) is 23.5. The lowest BCUT2D eigenvalue weighted by molar-refractivity contribution is -0.0710. The molecule has 0 bridgehead atoms. The van der Waals surface area contributed by atoms with E-state index in [-0.39, 0.29) is 22.6 Å². The van der Waals surface area contributed by atoms with Crippen molar-refractivity contribution in [1.82, 2.24) is 9.55 Å². The fourth-order valence-electron chi connectivity index (χ4n) is 6.24. The second kappa shape index (κ2) is 8.64. The van der Waals surface area contributed by atoms with E-state index in [9.17, 15) is 4.79 Å². The first-order chi connectivity index (χ1) is 15.4. The van der Waals surface area contributed by atoms with Crippen LogP contribution in [0.25, 0.3) is 11.3 Å². The van der Waals surface area contributed by atoms with Gasteiger partial charge in [-0.1, -0.05) is 62.2 Å². The number of hydrogen-bond donors (Lipinski definition) is 0. The fraction of sp³-hybridized carbons (Fsp3) is 0.630. The van der Waals surface area contributed by atoms with Gasteiger partial charge in [0, 0.05) is 29.4 Å². The van der Waals surface area contributed by atoms with Crippen molar-refractivity contribution in [2.45, 2.75) is 101 Å². The minimum Gasteiger partial charge on any atom is -0.375 e.